The van der Waals surface area contributed by atoms with Gasteiger partial charge in [0.2, 0.25) is 5.91 Å². The average Bonchev–Trinajstić information content (AvgIpc) is 2.78. The van der Waals surface area contributed by atoms with Crippen LogP contribution < -0.4 is 0 Å². The van der Waals surface area contributed by atoms with E-state index in [1.165, 1.54) is 21.9 Å². The third-order valence-electron chi connectivity index (χ3n) is 5.29. The van der Waals surface area contributed by atoms with Crippen LogP contribution in [0.5, 0.6) is 0 Å². The molecule has 1 unspecified atom stereocenters. The molecule has 1 aromatic carbocycles. The van der Waals surface area contributed by atoms with Gasteiger partial charge in [-0.1, -0.05) is 6.07 Å². The third-order valence-corrected chi connectivity index (χ3v) is 7.85. The summed E-state index contributed by atoms with van der Waals surface area (Å²) < 4.78 is 37.6. The van der Waals surface area contributed by atoms with E-state index in [1.807, 2.05) is 0 Å². The van der Waals surface area contributed by atoms with Crippen molar-refractivity contribution in [3.05, 3.63) is 35.1 Å². The summed E-state index contributed by atoms with van der Waals surface area (Å²) in [5.41, 5.74) is 0.621. The molecule has 0 aliphatic carbocycles. The number of hydrogen-bond donors (Lipinski definition) is 0. The Bertz CT molecular complexity index is 844. The van der Waals surface area contributed by atoms with Gasteiger partial charge in [-0.25, -0.2) is 12.8 Å². The summed E-state index contributed by atoms with van der Waals surface area (Å²) in [6.07, 6.45) is 0.278. The van der Waals surface area contributed by atoms with Crippen molar-refractivity contribution in [2.45, 2.75) is 18.1 Å². The van der Waals surface area contributed by atoms with Crippen molar-refractivity contribution >= 4 is 21.7 Å². The summed E-state index contributed by atoms with van der Waals surface area (Å²) in [6, 6.07) is 4.20. The summed E-state index contributed by atoms with van der Waals surface area (Å²) in [6.45, 7) is 1.56. The molecule has 0 aromatic heterocycles. The van der Waals surface area contributed by atoms with Crippen LogP contribution in [-0.2, 0) is 14.6 Å². The van der Waals surface area contributed by atoms with Gasteiger partial charge in [0.1, 0.15) is 10.6 Å². The summed E-state index contributed by atoms with van der Waals surface area (Å²) in [5.74, 6) is -1.79. The molecular formula is C17H21FN2O4S. The summed E-state index contributed by atoms with van der Waals surface area (Å²) >= 11 is 0. The fraction of sp³-hybridized carbons (Fsp3) is 0.529. The van der Waals surface area contributed by atoms with Crippen molar-refractivity contribution in [2.75, 3.05) is 32.9 Å². The number of amides is 2. The lowest BCUT2D eigenvalue weighted by Crippen LogP contribution is -2.69. The monoisotopic (exact) mass is 368 g/mol. The molecule has 3 rings (SSSR count). The highest BCUT2D eigenvalue weighted by Gasteiger charge is 2.64. The molecule has 2 aliphatic heterocycles. The van der Waals surface area contributed by atoms with Crippen molar-refractivity contribution in [1.82, 2.24) is 9.80 Å². The van der Waals surface area contributed by atoms with E-state index in [4.69, 9.17) is 0 Å². The van der Waals surface area contributed by atoms with Crippen LogP contribution in [-0.4, -0.2) is 67.7 Å². The Morgan fingerprint density at radius 3 is 2.48 bits per heavy atom. The van der Waals surface area contributed by atoms with Gasteiger partial charge in [-0.2, -0.15) is 0 Å². The Balaban J connectivity index is 1.83. The smallest absolute Gasteiger partial charge is 0.254 e. The van der Waals surface area contributed by atoms with Crippen LogP contribution in [0, 0.1) is 18.7 Å². The van der Waals surface area contributed by atoms with E-state index in [1.54, 1.807) is 21.0 Å². The first-order chi connectivity index (χ1) is 11.6. The van der Waals surface area contributed by atoms with Crippen LogP contribution in [0.3, 0.4) is 0 Å². The molecule has 25 heavy (non-hydrogen) atoms. The standard InChI is InChI=1S/C17H21FN2O4S/c1-11-4-5-12(8-14(11)18)15(21)20-9-17(10-20)13(16(22)19(2)3)6-7-25(17,23)24/h4-5,8,13H,6-7,9-10H2,1-3H3. The highest BCUT2D eigenvalue weighted by Crippen LogP contribution is 2.45. The number of benzene rings is 1. The molecule has 136 valence electrons. The number of aryl methyl sites for hydroxylation is 1. The first-order valence-corrected chi connectivity index (χ1v) is 9.73. The van der Waals surface area contributed by atoms with E-state index in [-0.39, 0.29) is 36.7 Å². The zero-order valence-electron chi connectivity index (χ0n) is 14.5. The molecule has 1 aromatic rings. The molecular weight excluding hydrogens is 347 g/mol. The Labute approximate surface area is 146 Å². The second-order valence-corrected chi connectivity index (χ2v) is 9.53. The Kier molecular flexibility index (Phi) is 4.14. The first kappa shape index (κ1) is 17.8. The number of carbonyl (C=O) groups excluding carboxylic acids is 2. The van der Waals surface area contributed by atoms with Gasteiger partial charge < -0.3 is 9.80 Å². The zero-order valence-corrected chi connectivity index (χ0v) is 15.3. The Morgan fingerprint density at radius 2 is 1.92 bits per heavy atom. The predicted molar refractivity (Wildman–Crippen MR) is 90.4 cm³/mol. The highest BCUT2D eigenvalue weighted by molar-refractivity contribution is 7.93. The highest BCUT2D eigenvalue weighted by atomic mass is 32.2. The molecule has 1 spiro atoms. The normalized spacial score (nSPS) is 23.4. The summed E-state index contributed by atoms with van der Waals surface area (Å²) in [5, 5.41) is 0. The maximum Gasteiger partial charge on any atom is 0.254 e. The molecule has 2 fully saturated rings. The van der Waals surface area contributed by atoms with Crippen LogP contribution in [0.25, 0.3) is 0 Å². The van der Waals surface area contributed by atoms with Gasteiger partial charge >= 0.3 is 0 Å². The molecule has 2 saturated heterocycles. The molecule has 0 bridgehead atoms. The van der Waals surface area contributed by atoms with Gasteiger partial charge in [0, 0.05) is 32.7 Å². The molecule has 2 heterocycles. The van der Waals surface area contributed by atoms with Crippen LogP contribution in [0.2, 0.25) is 0 Å². The van der Waals surface area contributed by atoms with Crippen molar-refractivity contribution < 1.29 is 22.4 Å². The molecule has 8 heteroatoms. The van der Waals surface area contributed by atoms with Gasteiger partial charge in [0.15, 0.2) is 9.84 Å². The predicted octanol–water partition coefficient (Wildman–Crippen LogP) is 0.852. The van der Waals surface area contributed by atoms with Gasteiger partial charge in [-0.05, 0) is 31.0 Å². The van der Waals surface area contributed by atoms with Gasteiger partial charge in [0.25, 0.3) is 5.91 Å². The number of carbonyl (C=O) groups is 2. The minimum Gasteiger partial charge on any atom is -0.349 e. The summed E-state index contributed by atoms with van der Waals surface area (Å²) in [7, 11) is -0.267. The van der Waals surface area contributed by atoms with Crippen molar-refractivity contribution in [3.8, 4) is 0 Å². The van der Waals surface area contributed by atoms with Gasteiger partial charge in [0.05, 0.1) is 11.7 Å². The number of hydrogen-bond acceptors (Lipinski definition) is 4. The molecule has 2 amide bonds. The second kappa shape index (κ2) is 5.79. The molecule has 2 aliphatic rings. The molecule has 0 saturated carbocycles. The molecule has 0 N–H and O–H groups in total. The van der Waals surface area contributed by atoms with Crippen molar-refractivity contribution in [1.29, 1.82) is 0 Å². The number of nitrogens with zero attached hydrogens (tertiary/aromatic N) is 2. The zero-order chi connectivity index (χ0) is 18.6. The van der Waals surface area contributed by atoms with Crippen LogP contribution in [0.1, 0.15) is 22.3 Å². The van der Waals surface area contributed by atoms with Crippen LogP contribution >= 0.6 is 0 Å². The average molecular weight is 368 g/mol. The number of sulfone groups is 1. The maximum atomic E-state index is 13.7. The van der Waals surface area contributed by atoms with E-state index < -0.39 is 32.2 Å². The van der Waals surface area contributed by atoms with E-state index >= 15 is 0 Å². The quantitative estimate of drug-likeness (QED) is 0.776. The Hall–Kier alpha value is -1.96. The van der Waals surface area contributed by atoms with Crippen LogP contribution in [0.4, 0.5) is 4.39 Å². The molecule has 0 radical (unpaired) electrons. The SMILES string of the molecule is Cc1ccc(C(=O)N2CC3(C2)C(C(=O)N(C)C)CCS3(=O)=O)cc1F. The minimum absolute atomic E-state index is 0.0199. The van der Waals surface area contributed by atoms with Crippen molar-refractivity contribution in [2.24, 2.45) is 5.92 Å². The lowest BCUT2D eigenvalue weighted by molar-refractivity contribution is -0.135. The van der Waals surface area contributed by atoms with Crippen molar-refractivity contribution in [3.63, 3.8) is 0 Å². The topological polar surface area (TPSA) is 74.8 Å². The largest absolute Gasteiger partial charge is 0.349 e. The fourth-order valence-corrected chi connectivity index (χ4v) is 5.99. The first-order valence-electron chi connectivity index (χ1n) is 8.08. The van der Waals surface area contributed by atoms with Gasteiger partial charge in [-0.3, -0.25) is 9.59 Å². The summed E-state index contributed by atoms with van der Waals surface area (Å²) in [4.78, 5) is 27.7. The van der Waals surface area contributed by atoms with E-state index in [9.17, 15) is 22.4 Å². The second-order valence-electron chi connectivity index (χ2n) is 7.08. The maximum absolute atomic E-state index is 13.7. The molecule has 6 nitrogen and oxygen atoms in total. The van der Waals surface area contributed by atoms with Crippen LogP contribution in [0.15, 0.2) is 18.2 Å². The van der Waals surface area contributed by atoms with E-state index in [2.05, 4.69) is 0 Å². The third kappa shape index (κ3) is 2.63. The molecule has 1 atom stereocenters. The minimum atomic E-state index is -3.46. The van der Waals surface area contributed by atoms with Gasteiger partial charge in [-0.15, -0.1) is 0 Å². The lowest BCUT2D eigenvalue weighted by Gasteiger charge is -2.49. The fourth-order valence-electron chi connectivity index (χ4n) is 3.69. The number of halogens is 1. The number of rotatable bonds is 2. The lowest BCUT2D eigenvalue weighted by atomic mass is 9.82. The van der Waals surface area contributed by atoms with E-state index in [0.717, 1.165) is 6.07 Å². The van der Waals surface area contributed by atoms with E-state index in [0.29, 0.717) is 5.56 Å². The Morgan fingerprint density at radius 1 is 1.28 bits per heavy atom. The number of likely N-dealkylation sites (tertiary alicyclic amines) is 1.